The van der Waals surface area contributed by atoms with Crippen LogP contribution in [0.3, 0.4) is 0 Å². The van der Waals surface area contributed by atoms with E-state index in [2.05, 4.69) is 4.98 Å². The van der Waals surface area contributed by atoms with Crippen molar-refractivity contribution >= 4 is 17.2 Å². The summed E-state index contributed by atoms with van der Waals surface area (Å²) >= 11 is 1.51. The molecule has 4 nitrogen and oxygen atoms in total. The molecule has 1 fully saturated rings. The summed E-state index contributed by atoms with van der Waals surface area (Å²) < 4.78 is 12.9. The van der Waals surface area contributed by atoms with Crippen molar-refractivity contribution in [1.82, 2.24) is 9.88 Å². The highest BCUT2D eigenvalue weighted by Gasteiger charge is 2.22. The summed E-state index contributed by atoms with van der Waals surface area (Å²) in [6, 6.07) is 6.37. The number of aliphatic hydroxyl groups is 1. The van der Waals surface area contributed by atoms with Crippen LogP contribution in [0.25, 0.3) is 0 Å². The van der Waals surface area contributed by atoms with E-state index in [9.17, 15) is 14.3 Å². The molecule has 1 saturated heterocycles. The number of hydrogen-bond donors (Lipinski definition) is 1. The van der Waals surface area contributed by atoms with Crippen molar-refractivity contribution in [3.8, 4) is 0 Å². The number of hydrogen-bond acceptors (Lipinski definition) is 4. The maximum atomic E-state index is 12.9. The van der Waals surface area contributed by atoms with E-state index in [0.717, 1.165) is 29.1 Å². The van der Waals surface area contributed by atoms with Crippen LogP contribution < -0.4 is 0 Å². The zero-order chi connectivity index (χ0) is 16.2. The maximum Gasteiger partial charge on any atom is 0.228 e. The van der Waals surface area contributed by atoms with Gasteiger partial charge < -0.3 is 10.0 Å². The summed E-state index contributed by atoms with van der Waals surface area (Å²) in [6.07, 6.45) is 2.12. The molecule has 0 saturated carbocycles. The van der Waals surface area contributed by atoms with Gasteiger partial charge in [-0.1, -0.05) is 12.1 Å². The van der Waals surface area contributed by atoms with Crippen molar-refractivity contribution in [2.75, 3.05) is 13.1 Å². The Labute approximate surface area is 138 Å². The Morgan fingerprint density at radius 1 is 1.39 bits per heavy atom. The van der Waals surface area contributed by atoms with Crippen LogP contribution in [-0.4, -0.2) is 40.1 Å². The topological polar surface area (TPSA) is 53.4 Å². The Kier molecular flexibility index (Phi) is 5.03. The summed E-state index contributed by atoms with van der Waals surface area (Å²) in [7, 11) is 0. The van der Waals surface area contributed by atoms with E-state index in [0.29, 0.717) is 19.5 Å². The number of carbonyl (C=O) groups excluding carboxylic acids is 1. The fraction of sp³-hybridized carbons (Fsp3) is 0.412. The number of β-amino-alcohol motifs (C(OH)–C–C–N with tert-alkyl or cyclic N) is 1. The zero-order valence-electron chi connectivity index (χ0n) is 12.7. The first-order chi connectivity index (χ1) is 11.1. The summed E-state index contributed by atoms with van der Waals surface area (Å²) in [5, 5.41) is 12.5. The summed E-state index contributed by atoms with van der Waals surface area (Å²) in [4.78, 5) is 18.5. The fourth-order valence-electron chi connectivity index (χ4n) is 2.74. The summed E-state index contributed by atoms with van der Waals surface area (Å²) in [5.41, 5.74) is 1.76. The highest BCUT2D eigenvalue weighted by Crippen LogP contribution is 2.17. The molecule has 6 heteroatoms. The van der Waals surface area contributed by atoms with Gasteiger partial charge in [-0.05, 0) is 30.5 Å². The minimum atomic E-state index is -0.405. The molecule has 0 aliphatic carbocycles. The number of aromatic nitrogens is 1. The molecule has 122 valence electrons. The second kappa shape index (κ2) is 7.19. The van der Waals surface area contributed by atoms with Gasteiger partial charge in [0.1, 0.15) is 5.82 Å². The van der Waals surface area contributed by atoms with E-state index >= 15 is 0 Å². The molecule has 0 bridgehead atoms. The van der Waals surface area contributed by atoms with Gasteiger partial charge in [-0.25, -0.2) is 9.37 Å². The van der Waals surface area contributed by atoms with Gasteiger partial charge in [-0.2, -0.15) is 0 Å². The van der Waals surface area contributed by atoms with Gasteiger partial charge in [0.15, 0.2) is 0 Å². The minimum Gasteiger partial charge on any atom is -0.391 e. The van der Waals surface area contributed by atoms with Crippen LogP contribution in [-0.2, 0) is 17.6 Å². The zero-order valence-corrected chi connectivity index (χ0v) is 13.6. The summed E-state index contributed by atoms with van der Waals surface area (Å²) in [6.45, 7) is 1.13. The van der Waals surface area contributed by atoms with Gasteiger partial charge in [0, 0.05) is 24.9 Å². The second-order valence-corrected chi connectivity index (χ2v) is 6.79. The first-order valence-electron chi connectivity index (χ1n) is 7.74. The lowest BCUT2D eigenvalue weighted by atomic mass is 10.1. The third-order valence-electron chi connectivity index (χ3n) is 3.95. The molecule has 1 atom stereocenters. The Hall–Kier alpha value is -1.79. The van der Waals surface area contributed by atoms with Crippen LogP contribution in [0.15, 0.2) is 29.6 Å². The lowest BCUT2D eigenvalue weighted by Crippen LogP contribution is -2.42. The molecule has 2 aromatic rings. The molecule has 2 heterocycles. The molecular formula is C17H19FN2O2S. The third-order valence-corrected chi connectivity index (χ3v) is 4.85. The molecule has 1 aromatic carbocycles. The van der Waals surface area contributed by atoms with Crippen molar-refractivity contribution in [2.24, 2.45) is 0 Å². The van der Waals surface area contributed by atoms with Crippen LogP contribution in [0.1, 0.15) is 29.1 Å². The first kappa shape index (κ1) is 16.1. The predicted molar refractivity (Wildman–Crippen MR) is 86.8 cm³/mol. The Balaban J connectivity index is 1.58. The van der Waals surface area contributed by atoms with Gasteiger partial charge in [-0.15, -0.1) is 11.3 Å². The van der Waals surface area contributed by atoms with E-state index in [1.54, 1.807) is 17.0 Å². The van der Waals surface area contributed by atoms with E-state index in [1.165, 1.54) is 23.5 Å². The SMILES string of the molecule is O=C(Cc1csc(Cc2ccc(F)cc2)n1)N1CCCC(O)C1. The predicted octanol–water partition coefficient (Wildman–Crippen LogP) is 2.40. The molecule has 1 aliphatic rings. The molecule has 23 heavy (non-hydrogen) atoms. The number of rotatable bonds is 4. The van der Waals surface area contributed by atoms with E-state index < -0.39 is 6.10 Å². The van der Waals surface area contributed by atoms with Gasteiger partial charge in [-0.3, -0.25) is 4.79 Å². The molecule has 1 aliphatic heterocycles. The van der Waals surface area contributed by atoms with Gasteiger partial charge in [0.25, 0.3) is 0 Å². The van der Waals surface area contributed by atoms with Crippen molar-refractivity contribution in [3.63, 3.8) is 0 Å². The van der Waals surface area contributed by atoms with Crippen LogP contribution in [0.5, 0.6) is 0 Å². The first-order valence-corrected chi connectivity index (χ1v) is 8.61. The average molecular weight is 334 g/mol. The molecule has 3 rings (SSSR count). The van der Waals surface area contributed by atoms with Crippen LogP contribution in [0.4, 0.5) is 4.39 Å². The Bertz CT molecular complexity index is 671. The lowest BCUT2D eigenvalue weighted by molar-refractivity contribution is -0.133. The van der Waals surface area contributed by atoms with Crippen LogP contribution in [0.2, 0.25) is 0 Å². The van der Waals surface area contributed by atoms with Crippen LogP contribution in [0, 0.1) is 5.82 Å². The number of halogens is 1. The lowest BCUT2D eigenvalue weighted by Gasteiger charge is -2.29. The number of amides is 1. The Morgan fingerprint density at radius 3 is 2.91 bits per heavy atom. The summed E-state index contributed by atoms with van der Waals surface area (Å²) in [5.74, 6) is -0.231. The van der Waals surface area contributed by atoms with E-state index in [4.69, 9.17) is 0 Å². The molecule has 0 spiro atoms. The average Bonchev–Trinajstić information content (AvgIpc) is 2.96. The van der Waals surface area contributed by atoms with Gasteiger partial charge in [0.05, 0.1) is 23.2 Å². The normalized spacial score (nSPS) is 18.2. The fourth-order valence-corrected chi connectivity index (χ4v) is 3.56. The number of aliphatic hydroxyl groups excluding tert-OH is 1. The number of nitrogens with zero attached hydrogens (tertiary/aromatic N) is 2. The van der Waals surface area contributed by atoms with Gasteiger partial charge >= 0.3 is 0 Å². The molecule has 0 radical (unpaired) electrons. The number of carbonyl (C=O) groups is 1. The third kappa shape index (κ3) is 4.36. The molecule has 1 unspecified atom stereocenters. The number of thiazole rings is 1. The molecule has 1 aromatic heterocycles. The molecule has 1 N–H and O–H groups in total. The number of benzene rings is 1. The van der Waals surface area contributed by atoms with E-state index in [-0.39, 0.29) is 18.1 Å². The standard InChI is InChI=1S/C17H19FN2O2S/c18-13-5-3-12(4-6-13)8-16-19-14(11-23-16)9-17(22)20-7-1-2-15(21)10-20/h3-6,11,15,21H,1-2,7-10H2. The Morgan fingerprint density at radius 2 is 2.17 bits per heavy atom. The highest BCUT2D eigenvalue weighted by atomic mass is 32.1. The van der Waals surface area contributed by atoms with E-state index in [1.807, 2.05) is 5.38 Å². The van der Waals surface area contributed by atoms with Crippen molar-refractivity contribution in [3.05, 3.63) is 51.7 Å². The smallest absolute Gasteiger partial charge is 0.228 e. The number of piperidine rings is 1. The van der Waals surface area contributed by atoms with Crippen LogP contribution >= 0.6 is 11.3 Å². The minimum absolute atomic E-state index is 0.0161. The van der Waals surface area contributed by atoms with Crippen molar-refractivity contribution in [1.29, 1.82) is 0 Å². The number of likely N-dealkylation sites (tertiary alicyclic amines) is 1. The highest BCUT2D eigenvalue weighted by molar-refractivity contribution is 7.09. The molecule has 1 amide bonds. The molecular weight excluding hydrogens is 315 g/mol. The quantitative estimate of drug-likeness (QED) is 0.934. The van der Waals surface area contributed by atoms with Gasteiger partial charge in [0.2, 0.25) is 5.91 Å². The monoisotopic (exact) mass is 334 g/mol. The maximum absolute atomic E-state index is 12.9. The van der Waals surface area contributed by atoms with Crippen molar-refractivity contribution < 1.29 is 14.3 Å². The largest absolute Gasteiger partial charge is 0.391 e. The second-order valence-electron chi connectivity index (χ2n) is 5.85. The van der Waals surface area contributed by atoms with Crippen molar-refractivity contribution in [2.45, 2.75) is 31.8 Å².